The van der Waals surface area contributed by atoms with E-state index in [1.54, 1.807) is 0 Å². The van der Waals surface area contributed by atoms with Crippen molar-refractivity contribution in [2.45, 2.75) is 48.7 Å². The molecule has 4 aliphatic rings. The normalized spacial score (nSPS) is 15.5. The zero-order chi connectivity index (χ0) is 38.8. The van der Waals surface area contributed by atoms with Gasteiger partial charge in [0.2, 0.25) is 0 Å². The van der Waals surface area contributed by atoms with E-state index in [0.717, 1.165) is 44.5 Å². The van der Waals surface area contributed by atoms with Crippen molar-refractivity contribution < 1.29 is 10.2 Å². The lowest BCUT2D eigenvalue weighted by molar-refractivity contribution is 0.0204. The van der Waals surface area contributed by atoms with Gasteiger partial charge >= 0.3 is 0 Å². The van der Waals surface area contributed by atoms with Gasteiger partial charge in [0.15, 0.2) is 0 Å². The number of rotatable bonds is 6. The van der Waals surface area contributed by atoms with Gasteiger partial charge in [-0.2, -0.15) is 0 Å². The van der Waals surface area contributed by atoms with Gasteiger partial charge in [-0.15, -0.1) is 0 Å². The lowest BCUT2D eigenvalue weighted by Crippen LogP contribution is -2.31. The first-order valence-electron chi connectivity index (χ1n) is 20.7. The van der Waals surface area contributed by atoms with Crippen molar-refractivity contribution in [1.82, 2.24) is 0 Å². The molecule has 0 unspecified atom stereocenters. The second-order valence-corrected chi connectivity index (χ2v) is 16.4. The Bertz CT molecular complexity index is 2490. The van der Waals surface area contributed by atoms with Crippen LogP contribution >= 0.6 is 0 Å². The van der Waals surface area contributed by atoms with Crippen LogP contribution in [0.5, 0.6) is 0 Å². The Hall–Kier alpha value is -6.32. The fourth-order valence-electron chi connectivity index (χ4n) is 11.0. The van der Waals surface area contributed by atoms with E-state index in [-0.39, 0.29) is 0 Å². The first kappa shape index (κ1) is 34.9. The van der Waals surface area contributed by atoms with Crippen LogP contribution in [0.25, 0.3) is 44.5 Å². The Morgan fingerprint density at radius 3 is 0.741 bits per heavy atom. The van der Waals surface area contributed by atoms with Crippen LogP contribution in [0.2, 0.25) is 0 Å². The molecule has 0 saturated carbocycles. The SMILES string of the molecule is OC1(CCC2(O)c3ccccc3-c3ccccc32)c2ccccc2-c2ccccc21.c1ccc2c(c1)-c1ccccc1C2CCC1c2ccccc2-c2ccccc21. The molecule has 0 heterocycles. The van der Waals surface area contributed by atoms with Crippen molar-refractivity contribution in [3.8, 4) is 44.5 Å². The van der Waals surface area contributed by atoms with Gasteiger partial charge in [0.05, 0.1) is 0 Å². The molecule has 58 heavy (non-hydrogen) atoms. The van der Waals surface area contributed by atoms with E-state index >= 15 is 0 Å². The van der Waals surface area contributed by atoms with E-state index < -0.39 is 11.2 Å². The van der Waals surface area contributed by atoms with E-state index in [2.05, 4.69) is 121 Å². The fraction of sp³-hybridized carbons (Fsp3) is 0.143. The molecule has 8 aromatic carbocycles. The van der Waals surface area contributed by atoms with Crippen LogP contribution in [-0.2, 0) is 11.2 Å². The zero-order valence-corrected chi connectivity index (χ0v) is 32.4. The van der Waals surface area contributed by atoms with Crippen LogP contribution in [0.4, 0.5) is 0 Å². The molecule has 4 aliphatic carbocycles. The Kier molecular flexibility index (Phi) is 8.22. The highest BCUT2D eigenvalue weighted by molar-refractivity contribution is 5.83. The summed E-state index contributed by atoms with van der Waals surface area (Å²) < 4.78 is 0. The van der Waals surface area contributed by atoms with Gasteiger partial charge in [-0.1, -0.05) is 194 Å². The largest absolute Gasteiger partial charge is 0.380 e. The summed E-state index contributed by atoms with van der Waals surface area (Å²) in [5.74, 6) is 1.01. The van der Waals surface area contributed by atoms with E-state index in [1.165, 1.54) is 57.3 Å². The summed E-state index contributed by atoms with van der Waals surface area (Å²) in [6.45, 7) is 0. The van der Waals surface area contributed by atoms with Gasteiger partial charge in [-0.25, -0.2) is 0 Å². The summed E-state index contributed by atoms with van der Waals surface area (Å²) in [6, 6.07) is 68.2. The molecule has 0 aromatic heterocycles. The van der Waals surface area contributed by atoms with Crippen LogP contribution in [0.15, 0.2) is 194 Å². The summed E-state index contributed by atoms with van der Waals surface area (Å²) in [4.78, 5) is 0. The third-order valence-corrected chi connectivity index (χ3v) is 13.6. The third kappa shape index (κ3) is 5.25. The van der Waals surface area contributed by atoms with Gasteiger partial charge < -0.3 is 10.2 Å². The van der Waals surface area contributed by atoms with Gasteiger partial charge in [0.25, 0.3) is 0 Å². The highest BCUT2D eigenvalue weighted by atomic mass is 16.3. The Labute approximate surface area is 340 Å². The smallest absolute Gasteiger partial charge is 0.116 e. The zero-order valence-electron chi connectivity index (χ0n) is 32.4. The van der Waals surface area contributed by atoms with Gasteiger partial charge in [-0.05, 0) is 115 Å². The highest BCUT2D eigenvalue weighted by Gasteiger charge is 2.47. The van der Waals surface area contributed by atoms with Crippen molar-refractivity contribution in [2.75, 3.05) is 0 Å². The molecule has 0 fully saturated rings. The molecule has 2 heteroatoms. The van der Waals surface area contributed by atoms with Crippen molar-refractivity contribution in [3.05, 3.63) is 239 Å². The summed E-state index contributed by atoms with van der Waals surface area (Å²) in [7, 11) is 0. The average molecular weight is 749 g/mol. The molecule has 0 bridgehead atoms. The molecule has 8 aromatic rings. The third-order valence-electron chi connectivity index (χ3n) is 13.6. The minimum Gasteiger partial charge on any atom is -0.380 e. The first-order chi connectivity index (χ1) is 28.5. The second-order valence-electron chi connectivity index (χ2n) is 16.4. The molecule has 2 N–H and O–H groups in total. The maximum atomic E-state index is 12.0. The topological polar surface area (TPSA) is 40.5 Å². The Morgan fingerprint density at radius 1 is 0.276 bits per heavy atom. The van der Waals surface area contributed by atoms with Crippen molar-refractivity contribution in [3.63, 3.8) is 0 Å². The fourth-order valence-corrected chi connectivity index (χ4v) is 11.0. The molecular weight excluding hydrogens is 705 g/mol. The van der Waals surface area contributed by atoms with Gasteiger partial charge in [0.1, 0.15) is 11.2 Å². The van der Waals surface area contributed by atoms with E-state index in [1.807, 2.05) is 72.8 Å². The molecular formula is C56H44O2. The monoisotopic (exact) mass is 748 g/mol. The molecule has 0 saturated heterocycles. The van der Waals surface area contributed by atoms with Crippen molar-refractivity contribution in [1.29, 1.82) is 0 Å². The van der Waals surface area contributed by atoms with Crippen molar-refractivity contribution in [2.24, 2.45) is 0 Å². The average Bonchev–Trinajstić information content (AvgIpc) is 3.96. The van der Waals surface area contributed by atoms with Crippen LogP contribution < -0.4 is 0 Å². The van der Waals surface area contributed by atoms with Crippen LogP contribution in [0.1, 0.15) is 82.0 Å². The molecule has 0 atom stereocenters. The number of aliphatic hydroxyl groups is 2. The molecule has 0 aliphatic heterocycles. The standard InChI is InChI=1S/C28H22O2.C28H22/c29-27(23-13-5-1-9-19(23)20-10-2-6-14-24(20)27)17-18-28(30)25-15-7-3-11-21(25)22-12-4-8-16-26(22)28;1-5-13-23-19(9-1)20-10-2-6-14-24(20)27(23)17-18-28-25-15-7-3-11-21(25)22-12-4-8-16-26(22)28/h1-16,29-30H,17-18H2;1-16,27-28H,17-18H2. The summed E-state index contributed by atoms with van der Waals surface area (Å²) >= 11 is 0. The summed E-state index contributed by atoms with van der Waals surface area (Å²) in [5, 5.41) is 23.9. The second kappa shape index (κ2) is 13.7. The Morgan fingerprint density at radius 2 is 0.483 bits per heavy atom. The molecule has 0 amide bonds. The Balaban J connectivity index is 0.000000133. The summed E-state index contributed by atoms with van der Waals surface area (Å²) in [5.41, 5.74) is 17.5. The number of fused-ring (bicyclic) bond motifs is 12. The molecule has 0 spiro atoms. The van der Waals surface area contributed by atoms with Crippen LogP contribution in [0.3, 0.4) is 0 Å². The molecule has 2 nitrogen and oxygen atoms in total. The van der Waals surface area contributed by atoms with E-state index in [0.29, 0.717) is 24.7 Å². The maximum absolute atomic E-state index is 12.0. The minimum absolute atomic E-state index is 0.431. The molecule has 12 rings (SSSR count). The van der Waals surface area contributed by atoms with Gasteiger partial charge in [-0.3, -0.25) is 0 Å². The van der Waals surface area contributed by atoms with E-state index in [4.69, 9.17) is 0 Å². The van der Waals surface area contributed by atoms with E-state index in [9.17, 15) is 10.2 Å². The quantitative estimate of drug-likeness (QED) is 0.178. The molecule has 280 valence electrons. The van der Waals surface area contributed by atoms with Crippen LogP contribution in [-0.4, -0.2) is 10.2 Å². The predicted octanol–water partition coefficient (Wildman–Crippen LogP) is 13.0. The lowest BCUT2D eigenvalue weighted by Gasteiger charge is -2.32. The molecule has 0 radical (unpaired) electrons. The number of benzene rings is 8. The van der Waals surface area contributed by atoms with Gasteiger partial charge in [0, 0.05) is 11.8 Å². The summed E-state index contributed by atoms with van der Waals surface area (Å²) in [6.07, 6.45) is 3.23. The maximum Gasteiger partial charge on any atom is 0.116 e. The first-order valence-corrected chi connectivity index (χ1v) is 20.7. The minimum atomic E-state index is -1.12. The lowest BCUT2D eigenvalue weighted by atomic mass is 9.79. The number of hydrogen-bond donors (Lipinski definition) is 2. The highest BCUT2D eigenvalue weighted by Crippen LogP contribution is 2.55. The number of hydrogen-bond acceptors (Lipinski definition) is 2. The van der Waals surface area contributed by atoms with Crippen molar-refractivity contribution >= 4 is 0 Å². The predicted molar refractivity (Wildman–Crippen MR) is 236 cm³/mol. The van der Waals surface area contributed by atoms with Crippen LogP contribution in [0, 0.1) is 0 Å².